The van der Waals surface area contributed by atoms with E-state index in [0.717, 1.165) is 25.7 Å². The highest BCUT2D eigenvalue weighted by Crippen LogP contribution is 2.30. The number of para-hydroxylation sites is 1. The zero-order chi connectivity index (χ0) is 17.1. The van der Waals surface area contributed by atoms with Gasteiger partial charge in [-0.1, -0.05) is 36.6 Å². The van der Waals surface area contributed by atoms with E-state index in [9.17, 15) is 9.59 Å². The van der Waals surface area contributed by atoms with Crippen molar-refractivity contribution in [1.29, 1.82) is 0 Å². The highest BCUT2D eigenvalue weighted by atomic mass is 35.5. The van der Waals surface area contributed by atoms with Crippen molar-refractivity contribution in [2.45, 2.75) is 49.4 Å². The van der Waals surface area contributed by atoms with Crippen molar-refractivity contribution < 1.29 is 9.59 Å². The molecule has 0 bridgehead atoms. The molecular weight excluding hydrogens is 346 g/mol. The quantitative estimate of drug-likeness (QED) is 0.765. The maximum Gasteiger partial charge on any atom is 0.237 e. The summed E-state index contributed by atoms with van der Waals surface area (Å²) in [7, 11) is 0. The molecular formula is C17H22ClN3O2S. The number of nitrogens with one attached hydrogen (secondary N) is 3. The lowest BCUT2D eigenvalue weighted by molar-refractivity contribution is -0.129. The second-order valence-electron chi connectivity index (χ2n) is 6.30. The van der Waals surface area contributed by atoms with Crippen LogP contribution in [0.5, 0.6) is 0 Å². The van der Waals surface area contributed by atoms with Gasteiger partial charge in [0.15, 0.2) is 0 Å². The van der Waals surface area contributed by atoms with Gasteiger partial charge >= 0.3 is 0 Å². The van der Waals surface area contributed by atoms with E-state index >= 15 is 0 Å². The predicted molar refractivity (Wildman–Crippen MR) is 97.9 cm³/mol. The fourth-order valence-electron chi connectivity index (χ4n) is 3.25. The maximum atomic E-state index is 12.4. The molecule has 130 valence electrons. The molecule has 5 nitrogen and oxygen atoms in total. The molecule has 1 saturated carbocycles. The number of benzene rings is 1. The fourth-order valence-corrected chi connectivity index (χ4v) is 4.46. The van der Waals surface area contributed by atoms with E-state index in [2.05, 4.69) is 16.0 Å². The molecule has 0 spiro atoms. The first-order chi connectivity index (χ1) is 11.5. The van der Waals surface area contributed by atoms with Crippen LogP contribution >= 0.6 is 23.4 Å². The number of carbonyl (C=O) groups excluding carboxylic acids is 2. The highest BCUT2D eigenvalue weighted by molar-refractivity contribution is 8.01. The summed E-state index contributed by atoms with van der Waals surface area (Å²) in [5.41, 5.74) is 0.369. The third kappa shape index (κ3) is 4.05. The number of hydrogen-bond donors (Lipinski definition) is 3. The smallest absolute Gasteiger partial charge is 0.237 e. The van der Waals surface area contributed by atoms with E-state index in [4.69, 9.17) is 11.6 Å². The normalized spacial score (nSPS) is 27.8. The molecule has 4 atom stereocenters. The molecule has 1 aliphatic carbocycles. The lowest BCUT2D eigenvalue weighted by Gasteiger charge is -2.40. The molecule has 4 unspecified atom stereocenters. The van der Waals surface area contributed by atoms with E-state index < -0.39 is 0 Å². The standard InChI is InChI=1S/C17H22ClN3O2S/c1-10(15(22)19-14-9-5-3-7-12(14)18)24-17-20-13-8-4-2-6-11(13)16(23)21-17/h3,5,7,9-11,13,17,20H,2,4,6,8H2,1H3,(H,19,22)(H,21,23). The highest BCUT2D eigenvalue weighted by Gasteiger charge is 2.38. The van der Waals surface area contributed by atoms with Crippen LogP contribution in [0.3, 0.4) is 0 Å². The van der Waals surface area contributed by atoms with Gasteiger partial charge < -0.3 is 10.6 Å². The van der Waals surface area contributed by atoms with Crippen LogP contribution in [0.1, 0.15) is 32.6 Å². The van der Waals surface area contributed by atoms with Gasteiger partial charge in [-0.05, 0) is 31.9 Å². The number of carbonyl (C=O) groups is 2. The van der Waals surface area contributed by atoms with Gasteiger partial charge in [0.1, 0.15) is 5.50 Å². The van der Waals surface area contributed by atoms with Crippen molar-refractivity contribution in [2.24, 2.45) is 5.92 Å². The predicted octanol–water partition coefficient (Wildman–Crippen LogP) is 2.96. The molecule has 0 aromatic heterocycles. The summed E-state index contributed by atoms with van der Waals surface area (Å²) < 4.78 is 0. The van der Waals surface area contributed by atoms with Crippen molar-refractivity contribution in [2.75, 3.05) is 5.32 Å². The molecule has 3 N–H and O–H groups in total. The number of halogens is 1. The van der Waals surface area contributed by atoms with E-state index in [1.54, 1.807) is 12.1 Å². The third-order valence-corrected chi connectivity index (χ3v) is 6.06. The number of anilines is 1. The summed E-state index contributed by atoms with van der Waals surface area (Å²) in [6.45, 7) is 1.83. The summed E-state index contributed by atoms with van der Waals surface area (Å²) in [4.78, 5) is 24.6. The first-order valence-corrected chi connectivity index (χ1v) is 9.64. The molecule has 1 heterocycles. The molecule has 1 aromatic rings. The number of rotatable bonds is 4. The largest absolute Gasteiger partial charge is 0.331 e. The van der Waals surface area contributed by atoms with Crippen LogP contribution in [-0.4, -0.2) is 28.6 Å². The Morgan fingerprint density at radius 2 is 2.08 bits per heavy atom. The van der Waals surface area contributed by atoms with Gasteiger partial charge in [0, 0.05) is 6.04 Å². The first-order valence-electron chi connectivity index (χ1n) is 8.32. The number of amides is 2. The molecule has 24 heavy (non-hydrogen) atoms. The van der Waals surface area contributed by atoms with Crippen LogP contribution < -0.4 is 16.0 Å². The lowest BCUT2D eigenvalue weighted by atomic mass is 9.83. The van der Waals surface area contributed by atoms with Gasteiger partial charge in [0.05, 0.1) is 21.9 Å². The SMILES string of the molecule is CC(SC1NC(=O)C2CCCCC2N1)C(=O)Nc1ccccc1Cl. The van der Waals surface area contributed by atoms with Crippen molar-refractivity contribution in [3.05, 3.63) is 29.3 Å². The molecule has 2 amide bonds. The lowest BCUT2D eigenvalue weighted by Crippen LogP contribution is -2.61. The van der Waals surface area contributed by atoms with Crippen LogP contribution in [0.25, 0.3) is 0 Å². The van der Waals surface area contributed by atoms with Crippen LogP contribution in [0.2, 0.25) is 5.02 Å². The minimum absolute atomic E-state index is 0.0721. The number of thioether (sulfide) groups is 1. The average molecular weight is 368 g/mol. The van der Waals surface area contributed by atoms with E-state index in [1.165, 1.54) is 11.8 Å². The molecule has 1 aromatic carbocycles. The van der Waals surface area contributed by atoms with Crippen molar-refractivity contribution in [1.82, 2.24) is 10.6 Å². The molecule has 2 aliphatic rings. The monoisotopic (exact) mass is 367 g/mol. The third-order valence-electron chi connectivity index (χ3n) is 4.58. The van der Waals surface area contributed by atoms with Crippen LogP contribution in [0.4, 0.5) is 5.69 Å². The summed E-state index contributed by atoms with van der Waals surface area (Å²) in [5.74, 6) is 0.0486. The zero-order valence-corrected chi connectivity index (χ0v) is 15.1. The van der Waals surface area contributed by atoms with Gasteiger partial charge in [-0.15, -0.1) is 11.8 Å². The molecule has 2 fully saturated rings. The van der Waals surface area contributed by atoms with Crippen LogP contribution in [0.15, 0.2) is 24.3 Å². The summed E-state index contributed by atoms with van der Waals surface area (Å²) in [6, 6.07) is 7.37. The van der Waals surface area contributed by atoms with Crippen molar-refractivity contribution >= 4 is 40.9 Å². The average Bonchev–Trinajstić information content (AvgIpc) is 2.57. The van der Waals surface area contributed by atoms with Gasteiger partial charge in [-0.3, -0.25) is 14.9 Å². The van der Waals surface area contributed by atoms with E-state index in [0.29, 0.717) is 10.7 Å². The zero-order valence-electron chi connectivity index (χ0n) is 13.5. The van der Waals surface area contributed by atoms with E-state index in [1.807, 2.05) is 19.1 Å². The molecule has 3 rings (SSSR count). The van der Waals surface area contributed by atoms with Gasteiger partial charge in [0.25, 0.3) is 0 Å². The Hall–Kier alpha value is -1.24. The second kappa shape index (κ2) is 7.76. The van der Waals surface area contributed by atoms with Crippen molar-refractivity contribution in [3.63, 3.8) is 0 Å². The minimum atomic E-state index is -0.320. The minimum Gasteiger partial charge on any atom is -0.331 e. The van der Waals surface area contributed by atoms with Gasteiger partial charge in [0.2, 0.25) is 11.8 Å². The Morgan fingerprint density at radius 1 is 1.33 bits per heavy atom. The Kier molecular flexibility index (Phi) is 5.69. The maximum absolute atomic E-state index is 12.4. The van der Waals surface area contributed by atoms with Crippen LogP contribution in [0, 0.1) is 5.92 Å². The summed E-state index contributed by atoms with van der Waals surface area (Å²) in [6.07, 6.45) is 4.24. The Morgan fingerprint density at radius 3 is 2.88 bits per heavy atom. The van der Waals surface area contributed by atoms with Crippen molar-refractivity contribution in [3.8, 4) is 0 Å². The first kappa shape index (κ1) is 17.6. The molecule has 7 heteroatoms. The topological polar surface area (TPSA) is 70.2 Å². The molecule has 1 aliphatic heterocycles. The fraction of sp³-hybridized carbons (Fsp3) is 0.529. The molecule has 0 radical (unpaired) electrons. The number of hydrogen-bond acceptors (Lipinski definition) is 4. The Labute approximate surface area is 151 Å². The summed E-state index contributed by atoms with van der Waals surface area (Å²) >= 11 is 7.48. The Balaban J connectivity index is 1.56. The van der Waals surface area contributed by atoms with Gasteiger partial charge in [-0.25, -0.2) is 0 Å². The second-order valence-corrected chi connectivity index (χ2v) is 8.16. The Bertz CT molecular complexity index is 628. The van der Waals surface area contributed by atoms with Crippen LogP contribution in [-0.2, 0) is 9.59 Å². The number of fused-ring (bicyclic) bond motifs is 1. The van der Waals surface area contributed by atoms with Gasteiger partial charge in [-0.2, -0.15) is 0 Å². The van der Waals surface area contributed by atoms with E-state index in [-0.39, 0.29) is 34.5 Å². The summed E-state index contributed by atoms with van der Waals surface area (Å²) in [5, 5.41) is 9.48. The molecule has 1 saturated heterocycles.